The van der Waals surface area contributed by atoms with Crippen LogP contribution in [0.25, 0.3) is 0 Å². The normalized spacial score (nSPS) is 24.1. The summed E-state index contributed by atoms with van der Waals surface area (Å²) in [7, 11) is 0. The molecule has 0 bridgehead atoms. The molecular weight excluding hydrogens is 202 g/mol. The summed E-state index contributed by atoms with van der Waals surface area (Å²) < 4.78 is 0. The Balaban J connectivity index is 1.96. The van der Waals surface area contributed by atoms with E-state index < -0.39 is 0 Å². The highest BCUT2D eigenvalue weighted by Crippen LogP contribution is 2.11. The lowest BCUT2D eigenvalue weighted by molar-refractivity contribution is 0.0936. The van der Waals surface area contributed by atoms with Crippen molar-refractivity contribution in [1.82, 2.24) is 5.32 Å². The molecule has 0 aliphatic heterocycles. The average Bonchev–Trinajstić information content (AvgIpc) is 2.33. The van der Waals surface area contributed by atoms with Crippen molar-refractivity contribution in [3.8, 4) is 0 Å². The minimum atomic E-state index is -0.357. The van der Waals surface area contributed by atoms with Crippen LogP contribution in [0.4, 0.5) is 0 Å². The predicted octanol–water partition coefficient (Wildman–Crippen LogP) is 1.50. The van der Waals surface area contributed by atoms with Crippen LogP contribution in [0.3, 0.4) is 0 Å². The van der Waals surface area contributed by atoms with Gasteiger partial charge in [0, 0.05) is 11.6 Å². The molecule has 1 aromatic carbocycles. The van der Waals surface area contributed by atoms with E-state index >= 15 is 0 Å². The van der Waals surface area contributed by atoms with Crippen molar-refractivity contribution in [3.63, 3.8) is 0 Å². The summed E-state index contributed by atoms with van der Waals surface area (Å²) in [6, 6.07) is 9.18. The van der Waals surface area contributed by atoms with E-state index in [2.05, 4.69) is 5.32 Å². The lowest BCUT2D eigenvalue weighted by Crippen LogP contribution is -2.35. The van der Waals surface area contributed by atoms with Crippen molar-refractivity contribution >= 4 is 5.91 Å². The van der Waals surface area contributed by atoms with Crippen molar-refractivity contribution in [2.24, 2.45) is 0 Å². The molecule has 0 saturated carbocycles. The van der Waals surface area contributed by atoms with Crippen molar-refractivity contribution in [1.29, 1.82) is 0 Å². The van der Waals surface area contributed by atoms with Gasteiger partial charge >= 0.3 is 0 Å². The van der Waals surface area contributed by atoms with E-state index in [4.69, 9.17) is 0 Å². The van der Waals surface area contributed by atoms with E-state index in [-0.39, 0.29) is 18.1 Å². The first-order chi connectivity index (χ1) is 7.75. The number of amides is 1. The Morgan fingerprint density at radius 2 is 1.94 bits per heavy atom. The number of aliphatic hydroxyl groups excluding tert-OH is 1. The predicted molar refractivity (Wildman–Crippen MR) is 62.1 cm³/mol. The van der Waals surface area contributed by atoms with Gasteiger partial charge in [-0.1, -0.05) is 30.4 Å². The third-order valence-electron chi connectivity index (χ3n) is 2.69. The first-order valence-corrected chi connectivity index (χ1v) is 5.48. The summed E-state index contributed by atoms with van der Waals surface area (Å²) in [5.74, 6) is -0.0633. The molecule has 2 N–H and O–H groups in total. The summed E-state index contributed by atoms with van der Waals surface area (Å²) in [6.07, 6.45) is 4.73. The summed E-state index contributed by atoms with van der Waals surface area (Å²) in [5.41, 5.74) is 0.669. The molecule has 3 heteroatoms. The van der Waals surface area contributed by atoms with Gasteiger partial charge in [0.15, 0.2) is 0 Å². The molecule has 1 aliphatic rings. The first-order valence-electron chi connectivity index (χ1n) is 5.48. The van der Waals surface area contributed by atoms with Crippen LogP contribution >= 0.6 is 0 Å². The summed E-state index contributed by atoms with van der Waals surface area (Å²) in [4.78, 5) is 11.8. The molecule has 2 atom stereocenters. The van der Waals surface area contributed by atoms with Crippen molar-refractivity contribution in [2.45, 2.75) is 25.0 Å². The summed E-state index contributed by atoms with van der Waals surface area (Å²) in [6.45, 7) is 0. The van der Waals surface area contributed by atoms with Gasteiger partial charge in [-0.05, 0) is 25.0 Å². The quantitative estimate of drug-likeness (QED) is 0.737. The zero-order chi connectivity index (χ0) is 11.4. The Morgan fingerprint density at radius 3 is 2.56 bits per heavy atom. The smallest absolute Gasteiger partial charge is 0.251 e. The van der Waals surface area contributed by atoms with E-state index in [0.717, 1.165) is 6.42 Å². The van der Waals surface area contributed by atoms with Gasteiger partial charge in [-0.15, -0.1) is 0 Å². The third-order valence-corrected chi connectivity index (χ3v) is 2.69. The average molecular weight is 217 g/mol. The molecule has 1 aliphatic carbocycles. The Labute approximate surface area is 94.8 Å². The Bertz CT molecular complexity index is 386. The van der Waals surface area contributed by atoms with Crippen LogP contribution in [-0.4, -0.2) is 23.2 Å². The molecule has 84 valence electrons. The largest absolute Gasteiger partial charge is 0.389 e. The third kappa shape index (κ3) is 2.70. The lowest BCUT2D eigenvalue weighted by Gasteiger charge is -2.20. The van der Waals surface area contributed by atoms with Crippen LogP contribution < -0.4 is 5.32 Å². The van der Waals surface area contributed by atoms with E-state index in [9.17, 15) is 9.90 Å². The van der Waals surface area contributed by atoms with E-state index in [1.54, 1.807) is 18.2 Å². The van der Waals surface area contributed by atoms with Gasteiger partial charge in [0.25, 0.3) is 5.91 Å². The second-order valence-corrected chi connectivity index (χ2v) is 3.98. The van der Waals surface area contributed by atoms with Crippen molar-refractivity contribution in [2.75, 3.05) is 0 Å². The van der Waals surface area contributed by atoms with Gasteiger partial charge in [-0.25, -0.2) is 0 Å². The summed E-state index contributed by atoms with van der Waals surface area (Å²) >= 11 is 0. The SMILES string of the molecule is O=C(N[C@H]1C=C[C@@H](O)CC1)c1ccccc1. The summed E-state index contributed by atoms with van der Waals surface area (Å²) in [5, 5.41) is 12.2. The molecule has 16 heavy (non-hydrogen) atoms. The van der Waals surface area contributed by atoms with Gasteiger partial charge in [-0.3, -0.25) is 4.79 Å². The van der Waals surface area contributed by atoms with Crippen molar-refractivity contribution in [3.05, 3.63) is 48.0 Å². The topological polar surface area (TPSA) is 49.3 Å². The number of benzene rings is 1. The Morgan fingerprint density at radius 1 is 1.19 bits per heavy atom. The molecule has 0 fully saturated rings. The molecule has 0 aromatic heterocycles. The number of rotatable bonds is 2. The highest BCUT2D eigenvalue weighted by atomic mass is 16.3. The van der Waals surface area contributed by atoms with E-state index in [0.29, 0.717) is 12.0 Å². The molecule has 0 saturated heterocycles. The molecule has 0 unspecified atom stereocenters. The highest BCUT2D eigenvalue weighted by Gasteiger charge is 2.16. The maximum Gasteiger partial charge on any atom is 0.251 e. The van der Waals surface area contributed by atoms with Crippen LogP contribution in [0.2, 0.25) is 0 Å². The fourth-order valence-corrected chi connectivity index (χ4v) is 1.77. The molecule has 2 rings (SSSR count). The van der Waals surface area contributed by atoms with Crippen LogP contribution in [0.15, 0.2) is 42.5 Å². The van der Waals surface area contributed by atoms with Crippen LogP contribution in [0.5, 0.6) is 0 Å². The number of nitrogens with one attached hydrogen (secondary N) is 1. The van der Waals surface area contributed by atoms with Crippen molar-refractivity contribution < 1.29 is 9.90 Å². The maximum atomic E-state index is 11.8. The molecule has 1 amide bonds. The number of carbonyl (C=O) groups is 1. The Hall–Kier alpha value is -1.61. The number of aliphatic hydroxyl groups is 1. The second-order valence-electron chi connectivity index (χ2n) is 3.98. The van der Waals surface area contributed by atoms with Gasteiger partial charge in [-0.2, -0.15) is 0 Å². The standard InChI is InChI=1S/C13H15NO2/c15-12-8-6-11(7-9-12)14-13(16)10-4-2-1-3-5-10/h1-6,8,11-12,15H,7,9H2,(H,14,16)/t11-,12+/m0/s1. The van der Waals surface area contributed by atoms with Crippen LogP contribution in [0.1, 0.15) is 23.2 Å². The maximum absolute atomic E-state index is 11.8. The monoisotopic (exact) mass is 217 g/mol. The first kappa shape index (κ1) is 10.9. The highest BCUT2D eigenvalue weighted by molar-refractivity contribution is 5.94. The number of carbonyl (C=O) groups excluding carboxylic acids is 1. The second kappa shape index (κ2) is 4.94. The van der Waals surface area contributed by atoms with Gasteiger partial charge < -0.3 is 10.4 Å². The minimum absolute atomic E-state index is 0.0381. The number of hydrogen-bond donors (Lipinski definition) is 2. The van der Waals surface area contributed by atoms with E-state index in [1.807, 2.05) is 24.3 Å². The van der Waals surface area contributed by atoms with Crippen LogP contribution in [-0.2, 0) is 0 Å². The van der Waals surface area contributed by atoms with Gasteiger partial charge in [0.05, 0.1) is 6.10 Å². The van der Waals surface area contributed by atoms with E-state index in [1.165, 1.54) is 0 Å². The zero-order valence-electron chi connectivity index (χ0n) is 8.97. The number of hydrogen-bond acceptors (Lipinski definition) is 2. The lowest BCUT2D eigenvalue weighted by atomic mass is 10.0. The zero-order valence-corrected chi connectivity index (χ0v) is 8.97. The molecule has 3 nitrogen and oxygen atoms in total. The van der Waals surface area contributed by atoms with Gasteiger partial charge in [0.2, 0.25) is 0 Å². The Kier molecular flexibility index (Phi) is 3.37. The molecule has 0 heterocycles. The molecule has 1 aromatic rings. The van der Waals surface area contributed by atoms with Gasteiger partial charge in [0.1, 0.15) is 0 Å². The van der Waals surface area contributed by atoms with Crippen LogP contribution in [0, 0.1) is 0 Å². The fourth-order valence-electron chi connectivity index (χ4n) is 1.77. The minimum Gasteiger partial charge on any atom is -0.389 e. The fraction of sp³-hybridized carbons (Fsp3) is 0.308. The molecule has 0 radical (unpaired) electrons. The molecule has 0 spiro atoms. The molecular formula is C13H15NO2.